The van der Waals surface area contributed by atoms with Crippen LogP contribution in [-0.4, -0.2) is 25.7 Å². The van der Waals surface area contributed by atoms with Gasteiger partial charge in [-0.1, -0.05) is 27.7 Å². The van der Waals surface area contributed by atoms with E-state index in [-0.39, 0.29) is 11.3 Å². The number of nitrogens with one attached hydrogen (secondary N) is 1. The number of fused-ring (bicyclic) bond motifs is 1. The molecule has 0 saturated carbocycles. The van der Waals surface area contributed by atoms with Crippen molar-refractivity contribution in [2.75, 3.05) is 19.8 Å². The molecule has 0 unspecified atom stereocenters. The highest BCUT2D eigenvalue weighted by atomic mass is 16.5. The van der Waals surface area contributed by atoms with Crippen LogP contribution in [-0.2, 0) is 0 Å². The van der Waals surface area contributed by atoms with E-state index in [0.717, 1.165) is 6.42 Å². The quantitative estimate of drug-likeness (QED) is 0.926. The average Bonchev–Trinajstić information content (AvgIpc) is 2.57. The number of hydrogen-bond acceptors (Lipinski definition) is 3. The van der Waals surface area contributed by atoms with Crippen LogP contribution in [0.5, 0.6) is 11.5 Å². The van der Waals surface area contributed by atoms with Gasteiger partial charge in [0, 0.05) is 17.5 Å². The Morgan fingerprint density at radius 1 is 1.24 bits per heavy atom. The van der Waals surface area contributed by atoms with Crippen LogP contribution in [0.2, 0.25) is 0 Å². The first-order valence-electron chi connectivity index (χ1n) is 7.55. The van der Waals surface area contributed by atoms with Crippen molar-refractivity contribution in [2.45, 2.75) is 34.1 Å². The standard InChI is InChI=1S/C17H25NO3/c1-12(2)7-8-18-16(19)13-5-6-14-15(9-13)21-11-17(3,4)10-20-14/h5-6,9,12H,7-8,10-11H2,1-4H3,(H,18,19). The van der Waals surface area contributed by atoms with Gasteiger partial charge in [0.15, 0.2) is 11.5 Å². The summed E-state index contributed by atoms with van der Waals surface area (Å²) in [6, 6.07) is 5.36. The molecule has 0 fully saturated rings. The molecule has 2 rings (SSSR count). The predicted octanol–water partition coefficient (Wildman–Crippen LogP) is 3.26. The van der Waals surface area contributed by atoms with Crippen LogP contribution in [0.3, 0.4) is 0 Å². The smallest absolute Gasteiger partial charge is 0.251 e. The van der Waals surface area contributed by atoms with Crippen molar-refractivity contribution in [3.8, 4) is 11.5 Å². The van der Waals surface area contributed by atoms with Crippen molar-refractivity contribution >= 4 is 5.91 Å². The highest BCUT2D eigenvalue weighted by Crippen LogP contribution is 2.34. The van der Waals surface area contributed by atoms with E-state index in [1.54, 1.807) is 12.1 Å². The Hall–Kier alpha value is -1.71. The minimum atomic E-state index is -0.0643. The first-order valence-corrected chi connectivity index (χ1v) is 7.55. The lowest BCUT2D eigenvalue weighted by atomic mass is 9.97. The van der Waals surface area contributed by atoms with Gasteiger partial charge < -0.3 is 14.8 Å². The molecule has 1 heterocycles. The molecule has 0 atom stereocenters. The van der Waals surface area contributed by atoms with Gasteiger partial charge in [0.05, 0.1) is 13.2 Å². The number of carbonyl (C=O) groups excluding carboxylic acids is 1. The van der Waals surface area contributed by atoms with Crippen molar-refractivity contribution in [3.05, 3.63) is 23.8 Å². The zero-order chi connectivity index (χ0) is 15.5. The highest BCUT2D eigenvalue weighted by molar-refractivity contribution is 5.94. The summed E-state index contributed by atoms with van der Waals surface area (Å²) in [7, 11) is 0. The maximum atomic E-state index is 12.1. The molecule has 116 valence electrons. The highest BCUT2D eigenvalue weighted by Gasteiger charge is 2.25. The van der Waals surface area contributed by atoms with Gasteiger partial charge in [-0.25, -0.2) is 0 Å². The van der Waals surface area contributed by atoms with Crippen LogP contribution in [0.4, 0.5) is 0 Å². The minimum Gasteiger partial charge on any atom is -0.489 e. The molecule has 0 saturated heterocycles. The summed E-state index contributed by atoms with van der Waals surface area (Å²) >= 11 is 0. The third-order valence-corrected chi connectivity index (χ3v) is 3.45. The second-order valence-corrected chi connectivity index (χ2v) is 6.84. The lowest BCUT2D eigenvalue weighted by molar-refractivity contribution is 0.0951. The minimum absolute atomic E-state index is 0.0291. The third-order valence-electron chi connectivity index (χ3n) is 3.45. The molecule has 1 aliphatic rings. The molecule has 21 heavy (non-hydrogen) atoms. The van der Waals surface area contributed by atoms with Crippen LogP contribution in [0.25, 0.3) is 0 Å². The van der Waals surface area contributed by atoms with Gasteiger partial charge in [-0.05, 0) is 30.5 Å². The number of ether oxygens (including phenoxy) is 2. The van der Waals surface area contributed by atoms with Gasteiger partial charge >= 0.3 is 0 Å². The zero-order valence-corrected chi connectivity index (χ0v) is 13.4. The fourth-order valence-electron chi connectivity index (χ4n) is 2.05. The van der Waals surface area contributed by atoms with Gasteiger partial charge in [-0.2, -0.15) is 0 Å². The van der Waals surface area contributed by atoms with Gasteiger partial charge in [0.25, 0.3) is 5.91 Å². The molecule has 0 radical (unpaired) electrons. The molecule has 0 spiro atoms. The molecule has 1 aromatic rings. The lowest BCUT2D eigenvalue weighted by Crippen LogP contribution is -2.26. The van der Waals surface area contributed by atoms with Gasteiger partial charge in [-0.15, -0.1) is 0 Å². The van der Waals surface area contributed by atoms with E-state index in [9.17, 15) is 4.79 Å². The summed E-state index contributed by atoms with van der Waals surface area (Å²) < 4.78 is 11.5. The Morgan fingerprint density at radius 2 is 1.90 bits per heavy atom. The number of hydrogen-bond donors (Lipinski definition) is 1. The predicted molar refractivity (Wildman–Crippen MR) is 83.0 cm³/mol. The van der Waals surface area contributed by atoms with Crippen LogP contribution >= 0.6 is 0 Å². The largest absolute Gasteiger partial charge is 0.489 e. The van der Waals surface area contributed by atoms with Crippen LogP contribution in [0.1, 0.15) is 44.5 Å². The Labute approximate surface area is 126 Å². The summed E-state index contributed by atoms with van der Waals surface area (Å²) in [4.78, 5) is 12.1. The normalized spacial score (nSPS) is 16.4. The van der Waals surface area contributed by atoms with E-state index >= 15 is 0 Å². The van der Waals surface area contributed by atoms with E-state index in [0.29, 0.717) is 42.7 Å². The van der Waals surface area contributed by atoms with Gasteiger partial charge in [0.1, 0.15) is 0 Å². The first kappa shape index (κ1) is 15.7. The monoisotopic (exact) mass is 291 g/mol. The van der Waals surface area contributed by atoms with E-state index in [1.807, 2.05) is 6.07 Å². The Bertz CT molecular complexity index is 509. The van der Waals surface area contributed by atoms with Crippen molar-refractivity contribution in [1.29, 1.82) is 0 Å². The van der Waals surface area contributed by atoms with Crippen LogP contribution in [0, 0.1) is 11.3 Å². The summed E-state index contributed by atoms with van der Waals surface area (Å²) in [5.41, 5.74) is 0.583. The molecule has 1 aromatic carbocycles. The molecule has 4 heteroatoms. The fraction of sp³-hybridized carbons (Fsp3) is 0.588. The average molecular weight is 291 g/mol. The number of rotatable bonds is 4. The third kappa shape index (κ3) is 4.38. The van der Waals surface area contributed by atoms with Gasteiger partial charge in [-0.3, -0.25) is 4.79 Å². The molecule has 0 aliphatic carbocycles. The molecular formula is C17H25NO3. The summed E-state index contributed by atoms with van der Waals surface area (Å²) in [5, 5.41) is 2.93. The molecule has 1 aliphatic heterocycles. The van der Waals surface area contributed by atoms with Crippen molar-refractivity contribution in [2.24, 2.45) is 11.3 Å². The van der Waals surface area contributed by atoms with Gasteiger partial charge in [0.2, 0.25) is 0 Å². The zero-order valence-electron chi connectivity index (χ0n) is 13.4. The second-order valence-electron chi connectivity index (χ2n) is 6.84. The van der Waals surface area contributed by atoms with E-state index in [2.05, 4.69) is 33.0 Å². The Balaban J connectivity index is 2.04. The van der Waals surface area contributed by atoms with Crippen LogP contribution in [0.15, 0.2) is 18.2 Å². The molecular weight excluding hydrogens is 266 g/mol. The van der Waals surface area contributed by atoms with Crippen LogP contribution < -0.4 is 14.8 Å². The molecule has 1 N–H and O–H groups in total. The molecule has 4 nitrogen and oxygen atoms in total. The number of benzene rings is 1. The van der Waals surface area contributed by atoms with Crippen molar-refractivity contribution < 1.29 is 14.3 Å². The fourth-order valence-corrected chi connectivity index (χ4v) is 2.05. The molecule has 0 bridgehead atoms. The number of carbonyl (C=O) groups is 1. The Kier molecular flexibility index (Phi) is 4.76. The summed E-state index contributed by atoms with van der Waals surface area (Å²) in [6.45, 7) is 10.4. The van der Waals surface area contributed by atoms with Crippen molar-refractivity contribution in [3.63, 3.8) is 0 Å². The van der Waals surface area contributed by atoms with E-state index < -0.39 is 0 Å². The summed E-state index contributed by atoms with van der Waals surface area (Å²) in [6.07, 6.45) is 0.977. The Morgan fingerprint density at radius 3 is 2.57 bits per heavy atom. The molecule has 1 amide bonds. The topological polar surface area (TPSA) is 47.6 Å². The van der Waals surface area contributed by atoms with E-state index in [4.69, 9.17) is 9.47 Å². The van der Waals surface area contributed by atoms with Crippen molar-refractivity contribution in [1.82, 2.24) is 5.32 Å². The molecule has 0 aromatic heterocycles. The maximum absolute atomic E-state index is 12.1. The first-order chi connectivity index (χ1) is 9.87. The number of amides is 1. The van der Waals surface area contributed by atoms with E-state index in [1.165, 1.54) is 0 Å². The summed E-state index contributed by atoms with van der Waals surface area (Å²) in [5.74, 6) is 1.87. The SMILES string of the molecule is CC(C)CCNC(=O)c1ccc2c(c1)OCC(C)(C)CO2. The lowest BCUT2D eigenvalue weighted by Gasteiger charge is -2.19. The maximum Gasteiger partial charge on any atom is 0.251 e. The second kappa shape index (κ2) is 6.37.